The zero-order valence-corrected chi connectivity index (χ0v) is 10.8. The van der Waals surface area contributed by atoms with E-state index in [4.69, 9.17) is 11.8 Å². The molecule has 0 radical (unpaired) electrons. The maximum Gasteiger partial charge on any atom is 2.00 e. The summed E-state index contributed by atoms with van der Waals surface area (Å²) in [6.45, 7) is 10.1. The van der Waals surface area contributed by atoms with E-state index < -0.39 is 0 Å². The van der Waals surface area contributed by atoms with Crippen LogP contribution in [0.15, 0.2) is 0 Å². The Hall–Kier alpha value is 1.02. The zero-order valence-electron chi connectivity index (χ0n) is 10.7. The molecule has 0 saturated carbocycles. The molecule has 70 valence electrons. The Morgan fingerprint density at radius 3 is 2.08 bits per heavy atom. The number of hydrogen-bond donors (Lipinski definition) is 0. The van der Waals surface area contributed by atoms with Gasteiger partial charge in [0.2, 0.25) is 0 Å². The molecule has 0 bridgehead atoms. The standard InChI is InChI=1S/C9H18ClN.Mg.2H/c1-8(2)6-5-7-11(10)9(8,3)4;;;/h5-7H2,1-4H3;;;/q;+2;2*-1. The van der Waals surface area contributed by atoms with Gasteiger partial charge >= 0.3 is 23.1 Å². The molecule has 0 unspecified atom stereocenters. The smallest absolute Gasteiger partial charge is 1.00 e. The molecule has 1 aliphatic rings. The first-order valence-corrected chi connectivity index (χ1v) is 4.65. The van der Waals surface area contributed by atoms with Crippen molar-refractivity contribution >= 4 is 34.8 Å². The predicted octanol–water partition coefficient (Wildman–Crippen LogP) is 2.89. The first kappa shape index (κ1) is 13.0. The molecule has 0 atom stereocenters. The van der Waals surface area contributed by atoms with Crippen molar-refractivity contribution in [2.45, 2.75) is 46.1 Å². The van der Waals surface area contributed by atoms with E-state index in [1.807, 2.05) is 4.42 Å². The molecule has 3 heteroatoms. The van der Waals surface area contributed by atoms with Crippen molar-refractivity contribution < 1.29 is 2.85 Å². The van der Waals surface area contributed by atoms with Crippen LogP contribution >= 0.6 is 11.8 Å². The SMILES string of the molecule is CC1(C)CCCN(Cl)C1(C)C.[H-].[H-].[Mg+2]. The second-order valence-corrected chi connectivity index (χ2v) is 5.04. The first-order chi connectivity index (χ1) is 4.88. The number of hydrogen-bond acceptors (Lipinski definition) is 1. The van der Waals surface area contributed by atoms with Crippen LogP contribution in [-0.4, -0.2) is 39.6 Å². The summed E-state index contributed by atoms with van der Waals surface area (Å²) in [6.07, 6.45) is 2.50. The van der Waals surface area contributed by atoms with Crippen LogP contribution in [0, 0.1) is 5.41 Å². The van der Waals surface area contributed by atoms with E-state index in [1.54, 1.807) is 0 Å². The third-order valence-corrected chi connectivity index (χ3v) is 4.01. The summed E-state index contributed by atoms with van der Waals surface area (Å²) in [5.41, 5.74) is 0.472. The topological polar surface area (TPSA) is 3.24 Å². The Morgan fingerprint density at radius 1 is 1.25 bits per heavy atom. The third kappa shape index (κ3) is 2.09. The first-order valence-electron chi connectivity index (χ1n) is 4.31. The largest absolute Gasteiger partial charge is 2.00 e. The molecule has 12 heavy (non-hydrogen) atoms. The Balaban J connectivity index is -0.000000403. The molecule has 0 aromatic rings. The number of nitrogens with zero attached hydrogens (tertiary/aromatic N) is 1. The van der Waals surface area contributed by atoms with Gasteiger partial charge in [-0.15, -0.1) is 0 Å². The normalized spacial score (nSPS) is 27.8. The molecule has 1 nitrogen and oxygen atoms in total. The van der Waals surface area contributed by atoms with Crippen LogP contribution in [0.1, 0.15) is 43.4 Å². The van der Waals surface area contributed by atoms with Crippen molar-refractivity contribution in [1.29, 1.82) is 0 Å². The number of rotatable bonds is 0. The van der Waals surface area contributed by atoms with Crippen LogP contribution < -0.4 is 0 Å². The second kappa shape index (κ2) is 4.03. The van der Waals surface area contributed by atoms with Crippen LogP contribution in [0.25, 0.3) is 0 Å². The van der Waals surface area contributed by atoms with Crippen LogP contribution in [0.4, 0.5) is 0 Å². The molecule has 0 aliphatic carbocycles. The Morgan fingerprint density at radius 2 is 1.75 bits per heavy atom. The van der Waals surface area contributed by atoms with Crippen molar-refractivity contribution in [2.24, 2.45) is 5.41 Å². The number of halogens is 1. The summed E-state index contributed by atoms with van der Waals surface area (Å²) in [5, 5.41) is 0. The van der Waals surface area contributed by atoms with E-state index in [2.05, 4.69) is 27.7 Å². The van der Waals surface area contributed by atoms with E-state index in [0.29, 0.717) is 5.41 Å². The quantitative estimate of drug-likeness (QED) is 0.431. The summed E-state index contributed by atoms with van der Waals surface area (Å²) >= 11 is 6.13. The van der Waals surface area contributed by atoms with Crippen molar-refractivity contribution in [3.8, 4) is 0 Å². The molecule has 0 N–H and O–H groups in total. The minimum atomic E-state index is 0. The summed E-state index contributed by atoms with van der Waals surface area (Å²) in [4.78, 5) is 0. The van der Waals surface area contributed by atoms with Gasteiger partial charge in [-0.2, -0.15) is 0 Å². The van der Waals surface area contributed by atoms with E-state index >= 15 is 0 Å². The molecule has 0 aromatic carbocycles. The van der Waals surface area contributed by atoms with Gasteiger partial charge in [-0.25, -0.2) is 4.42 Å². The van der Waals surface area contributed by atoms with Crippen molar-refractivity contribution in [3.63, 3.8) is 0 Å². The Kier molecular flexibility index (Phi) is 4.37. The van der Waals surface area contributed by atoms with Gasteiger partial charge in [0.15, 0.2) is 0 Å². The monoisotopic (exact) mass is 201 g/mol. The molecule has 0 spiro atoms. The molecule has 0 aromatic heterocycles. The fourth-order valence-corrected chi connectivity index (χ4v) is 1.92. The van der Waals surface area contributed by atoms with Gasteiger partial charge in [0.25, 0.3) is 0 Å². The van der Waals surface area contributed by atoms with E-state index in [-0.39, 0.29) is 31.4 Å². The minimum absolute atomic E-state index is 0. The van der Waals surface area contributed by atoms with Gasteiger partial charge < -0.3 is 2.85 Å². The maximum atomic E-state index is 6.13. The fourth-order valence-electron chi connectivity index (χ4n) is 1.57. The van der Waals surface area contributed by atoms with E-state index in [0.717, 1.165) is 6.54 Å². The summed E-state index contributed by atoms with van der Waals surface area (Å²) in [6, 6.07) is 0. The number of piperidine rings is 1. The Bertz CT molecular complexity index is 165. The third-order valence-electron chi connectivity index (χ3n) is 3.42. The Labute approximate surface area is 100 Å². The zero-order chi connectivity index (χ0) is 8.70. The van der Waals surface area contributed by atoms with Crippen LogP contribution in [0.2, 0.25) is 0 Å². The average molecular weight is 202 g/mol. The van der Waals surface area contributed by atoms with Crippen LogP contribution in [0.5, 0.6) is 0 Å². The van der Waals surface area contributed by atoms with Gasteiger partial charge in [0, 0.05) is 12.1 Å². The van der Waals surface area contributed by atoms with Gasteiger partial charge in [-0.3, -0.25) is 0 Å². The molecule has 0 amide bonds. The summed E-state index contributed by atoms with van der Waals surface area (Å²) in [5.74, 6) is 0. The molecular formula is C9H20ClMgN. The molecule has 1 heterocycles. The molecular weight excluding hydrogens is 182 g/mol. The van der Waals surface area contributed by atoms with Gasteiger partial charge in [-0.1, -0.05) is 13.8 Å². The van der Waals surface area contributed by atoms with Gasteiger partial charge in [0.05, 0.1) is 0 Å². The molecule has 1 aliphatic heterocycles. The van der Waals surface area contributed by atoms with Crippen LogP contribution in [-0.2, 0) is 0 Å². The average Bonchev–Trinajstić information content (AvgIpc) is 1.84. The fraction of sp³-hybridized carbons (Fsp3) is 1.00. The summed E-state index contributed by atoms with van der Waals surface area (Å²) < 4.78 is 1.95. The van der Waals surface area contributed by atoms with Gasteiger partial charge in [-0.05, 0) is 43.9 Å². The molecule has 1 saturated heterocycles. The van der Waals surface area contributed by atoms with Crippen LogP contribution in [0.3, 0.4) is 0 Å². The maximum absolute atomic E-state index is 6.13. The minimum Gasteiger partial charge on any atom is -1.00 e. The second-order valence-electron chi connectivity index (χ2n) is 4.63. The van der Waals surface area contributed by atoms with Gasteiger partial charge in [0.1, 0.15) is 0 Å². The molecule has 1 rings (SSSR count). The van der Waals surface area contributed by atoms with Crippen molar-refractivity contribution in [3.05, 3.63) is 0 Å². The van der Waals surface area contributed by atoms with Crippen molar-refractivity contribution in [2.75, 3.05) is 6.54 Å². The van der Waals surface area contributed by atoms with E-state index in [1.165, 1.54) is 12.8 Å². The van der Waals surface area contributed by atoms with E-state index in [9.17, 15) is 0 Å². The predicted molar refractivity (Wildman–Crippen MR) is 57.6 cm³/mol. The molecule has 1 fully saturated rings. The summed E-state index contributed by atoms with van der Waals surface area (Å²) in [7, 11) is 0. The van der Waals surface area contributed by atoms with Crippen molar-refractivity contribution in [1.82, 2.24) is 4.42 Å².